The molecule has 1 aromatic heterocycles. The monoisotopic (exact) mass is 263 g/mol. The summed E-state index contributed by atoms with van der Waals surface area (Å²) >= 11 is 0. The summed E-state index contributed by atoms with van der Waals surface area (Å²) in [5.41, 5.74) is 6.75. The maximum absolute atomic E-state index is 5.84. The number of methoxy groups -OCH3 is 2. The van der Waals surface area contributed by atoms with Crippen LogP contribution in [0, 0.1) is 0 Å². The Kier molecular flexibility index (Phi) is 3.96. The maximum Gasteiger partial charge on any atom is 0.183 e. The number of tetrazole rings is 1. The third kappa shape index (κ3) is 2.65. The number of nitrogens with two attached hydrogens (primary N) is 1. The average Bonchev–Trinajstić information content (AvgIpc) is 2.86. The van der Waals surface area contributed by atoms with E-state index in [9.17, 15) is 0 Å². The van der Waals surface area contributed by atoms with Crippen molar-refractivity contribution in [1.29, 1.82) is 0 Å². The van der Waals surface area contributed by atoms with Crippen LogP contribution in [0.25, 0.3) is 0 Å². The molecule has 19 heavy (non-hydrogen) atoms. The van der Waals surface area contributed by atoms with Crippen LogP contribution in [0.4, 0.5) is 0 Å². The molecule has 0 aliphatic carbocycles. The van der Waals surface area contributed by atoms with Crippen molar-refractivity contribution in [2.24, 2.45) is 12.8 Å². The van der Waals surface area contributed by atoms with Crippen LogP contribution in [-0.2, 0) is 7.05 Å². The quantitative estimate of drug-likeness (QED) is 0.835. The molecule has 0 aliphatic rings. The van der Waals surface area contributed by atoms with Crippen molar-refractivity contribution in [3.63, 3.8) is 0 Å². The van der Waals surface area contributed by atoms with E-state index < -0.39 is 0 Å². The zero-order chi connectivity index (χ0) is 13.8. The molecule has 1 aromatic carbocycles. The molecule has 1 unspecified atom stereocenters. The first kappa shape index (κ1) is 13.3. The highest BCUT2D eigenvalue weighted by molar-refractivity contribution is 5.44. The van der Waals surface area contributed by atoms with Gasteiger partial charge in [0.05, 0.1) is 27.2 Å². The second kappa shape index (κ2) is 5.66. The summed E-state index contributed by atoms with van der Waals surface area (Å²) in [4.78, 5) is 1.41. The molecule has 0 fully saturated rings. The lowest BCUT2D eigenvalue weighted by molar-refractivity contribution is 0.389. The zero-order valence-electron chi connectivity index (χ0n) is 11.2. The molecule has 0 bridgehead atoms. The summed E-state index contributed by atoms with van der Waals surface area (Å²) in [5, 5.41) is 12.1. The van der Waals surface area contributed by atoms with Gasteiger partial charge >= 0.3 is 0 Å². The Labute approximate surface area is 111 Å². The molecule has 2 N–H and O–H groups in total. The molecule has 0 saturated carbocycles. The van der Waals surface area contributed by atoms with E-state index in [0.717, 1.165) is 11.3 Å². The molecular weight excluding hydrogens is 246 g/mol. The Bertz CT molecular complexity index is 555. The molecule has 1 heterocycles. The minimum Gasteiger partial charge on any atom is -0.497 e. The third-order valence-corrected chi connectivity index (χ3v) is 2.89. The van der Waals surface area contributed by atoms with Crippen LogP contribution in [0.2, 0.25) is 0 Å². The minimum absolute atomic E-state index is 0.158. The van der Waals surface area contributed by atoms with E-state index in [1.165, 1.54) is 4.80 Å². The number of aryl methyl sites for hydroxylation is 1. The largest absolute Gasteiger partial charge is 0.497 e. The van der Waals surface area contributed by atoms with Gasteiger partial charge in [0.15, 0.2) is 5.82 Å². The molecule has 0 radical (unpaired) electrons. The zero-order valence-corrected chi connectivity index (χ0v) is 11.2. The van der Waals surface area contributed by atoms with E-state index in [0.29, 0.717) is 18.1 Å². The van der Waals surface area contributed by atoms with Crippen LogP contribution < -0.4 is 15.2 Å². The van der Waals surface area contributed by atoms with Crippen LogP contribution in [-0.4, -0.2) is 41.0 Å². The van der Waals surface area contributed by atoms with Gasteiger partial charge in [-0.1, -0.05) is 6.07 Å². The SMILES string of the molecule is COc1ccc(C(CN)c2nnn(C)n2)c(OC)c1. The highest BCUT2D eigenvalue weighted by Crippen LogP contribution is 2.32. The van der Waals surface area contributed by atoms with E-state index in [1.807, 2.05) is 18.2 Å². The van der Waals surface area contributed by atoms with Gasteiger partial charge in [-0.25, -0.2) is 0 Å². The van der Waals surface area contributed by atoms with Crippen molar-refractivity contribution in [3.05, 3.63) is 29.6 Å². The fourth-order valence-corrected chi connectivity index (χ4v) is 1.92. The molecule has 0 saturated heterocycles. The molecule has 102 valence electrons. The number of benzene rings is 1. The van der Waals surface area contributed by atoms with Crippen molar-refractivity contribution in [1.82, 2.24) is 20.2 Å². The lowest BCUT2D eigenvalue weighted by Crippen LogP contribution is -2.16. The van der Waals surface area contributed by atoms with Gasteiger partial charge in [0, 0.05) is 18.2 Å². The van der Waals surface area contributed by atoms with Gasteiger partial charge in [0.2, 0.25) is 0 Å². The first-order valence-corrected chi connectivity index (χ1v) is 5.85. The second-order valence-corrected chi connectivity index (χ2v) is 4.03. The Morgan fingerprint density at radius 3 is 2.63 bits per heavy atom. The number of aromatic nitrogens is 4. The molecule has 0 amide bonds. The normalized spacial score (nSPS) is 12.2. The lowest BCUT2D eigenvalue weighted by Gasteiger charge is -2.16. The van der Waals surface area contributed by atoms with Gasteiger partial charge < -0.3 is 15.2 Å². The maximum atomic E-state index is 5.84. The number of rotatable bonds is 5. The molecule has 2 rings (SSSR count). The second-order valence-electron chi connectivity index (χ2n) is 4.03. The standard InChI is InChI=1S/C12H17N5O2/c1-17-15-12(14-16-17)10(7-13)9-5-4-8(18-2)6-11(9)19-3/h4-6,10H,7,13H2,1-3H3. The van der Waals surface area contributed by atoms with Crippen LogP contribution in [0.3, 0.4) is 0 Å². The number of nitrogens with zero attached hydrogens (tertiary/aromatic N) is 4. The lowest BCUT2D eigenvalue weighted by atomic mass is 9.97. The fourth-order valence-electron chi connectivity index (χ4n) is 1.92. The summed E-state index contributed by atoms with van der Waals surface area (Å²) < 4.78 is 10.6. The van der Waals surface area contributed by atoms with E-state index in [-0.39, 0.29) is 5.92 Å². The Hall–Kier alpha value is -2.15. The molecule has 7 heteroatoms. The summed E-state index contributed by atoms with van der Waals surface area (Å²) in [5.74, 6) is 1.84. The fraction of sp³-hybridized carbons (Fsp3) is 0.417. The summed E-state index contributed by atoms with van der Waals surface area (Å²) in [6, 6.07) is 5.58. The predicted molar refractivity (Wildman–Crippen MR) is 69.2 cm³/mol. The number of hydrogen-bond donors (Lipinski definition) is 1. The van der Waals surface area contributed by atoms with Crippen molar-refractivity contribution in [2.75, 3.05) is 20.8 Å². The van der Waals surface area contributed by atoms with E-state index in [1.54, 1.807) is 21.3 Å². The molecular formula is C12H17N5O2. The average molecular weight is 263 g/mol. The van der Waals surface area contributed by atoms with E-state index in [4.69, 9.17) is 15.2 Å². The first-order chi connectivity index (χ1) is 9.19. The first-order valence-electron chi connectivity index (χ1n) is 5.85. The van der Waals surface area contributed by atoms with Crippen LogP contribution in [0.15, 0.2) is 18.2 Å². The van der Waals surface area contributed by atoms with Crippen molar-refractivity contribution in [3.8, 4) is 11.5 Å². The van der Waals surface area contributed by atoms with Gasteiger partial charge in [0.1, 0.15) is 11.5 Å². The molecule has 2 aromatic rings. The molecule has 0 aliphatic heterocycles. The van der Waals surface area contributed by atoms with Gasteiger partial charge in [0.25, 0.3) is 0 Å². The Balaban J connectivity index is 2.43. The van der Waals surface area contributed by atoms with E-state index >= 15 is 0 Å². The summed E-state index contributed by atoms with van der Waals surface area (Å²) in [6.07, 6.45) is 0. The topological polar surface area (TPSA) is 88.1 Å². The minimum atomic E-state index is -0.158. The van der Waals surface area contributed by atoms with E-state index in [2.05, 4.69) is 15.4 Å². The summed E-state index contributed by atoms with van der Waals surface area (Å²) in [6.45, 7) is 0.369. The van der Waals surface area contributed by atoms with Crippen molar-refractivity contribution >= 4 is 0 Å². The van der Waals surface area contributed by atoms with Crippen molar-refractivity contribution in [2.45, 2.75) is 5.92 Å². The van der Waals surface area contributed by atoms with Gasteiger partial charge in [-0.15, -0.1) is 10.2 Å². The predicted octanol–water partition coefficient (Wildman–Crippen LogP) is 0.318. The van der Waals surface area contributed by atoms with Gasteiger partial charge in [-0.3, -0.25) is 0 Å². The molecule has 1 atom stereocenters. The highest BCUT2D eigenvalue weighted by Gasteiger charge is 2.21. The van der Waals surface area contributed by atoms with Gasteiger partial charge in [-0.05, 0) is 11.3 Å². The van der Waals surface area contributed by atoms with Crippen LogP contribution in [0.1, 0.15) is 17.3 Å². The highest BCUT2D eigenvalue weighted by atomic mass is 16.5. The smallest absolute Gasteiger partial charge is 0.183 e. The van der Waals surface area contributed by atoms with Crippen LogP contribution in [0.5, 0.6) is 11.5 Å². The Morgan fingerprint density at radius 2 is 2.11 bits per heavy atom. The third-order valence-electron chi connectivity index (χ3n) is 2.89. The van der Waals surface area contributed by atoms with Gasteiger partial charge in [-0.2, -0.15) is 4.80 Å². The summed E-state index contributed by atoms with van der Waals surface area (Å²) in [7, 11) is 4.93. The number of hydrogen-bond acceptors (Lipinski definition) is 6. The van der Waals surface area contributed by atoms with Crippen molar-refractivity contribution < 1.29 is 9.47 Å². The molecule has 0 spiro atoms. The number of ether oxygens (including phenoxy) is 2. The Morgan fingerprint density at radius 1 is 1.32 bits per heavy atom. The molecule has 7 nitrogen and oxygen atoms in total. The van der Waals surface area contributed by atoms with Crippen LogP contribution >= 0.6 is 0 Å².